The Balaban J connectivity index is 1.42. The summed E-state index contributed by atoms with van der Waals surface area (Å²) < 4.78 is 11.6. The predicted molar refractivity (Wildman–Crippen MR) is 114 cm³/mol. The average Bonchev–Trinajstić information content (AvgIpc) is 3.34. The Morgan fingerprint density at radius 1 is 1.23 bits per heavy atom. The highest BCUT2D eigenvalue weighted by molar-refractivity contribution is 5.79. The molecule has 2 saturated carbocycles. The lowest BCUT2D eigenvalue weighted by Crippen LogP contribution is -2.59. The molecule has 3 fully saturated rings. The minimum absolute atomic E-state index is 0.0749. The van der Waals surface area contributed by atoms with E-state index in [0.717, 1.165) is 30.0 Å². The van der Waals surface area contributed by atoms with Crippen molar-refractivity contribution in [3.63, 3.8) is 0 Å². The smallest absolute Gasteiger partial charge is 0.224 e. The second-order valence-corrected chi connectivity index (χ2v) is 10.2. The number of amides is 1. The van der Waals surface area contributed by atoms with Gasteiger partial charge >= 0.3 is 0 Å². The highest BCUT2D eigenvalue weighted by Crippen LogP contribution is 2.70. The van der Waals surface area contributed by atoms with Crippen molar-refractivity contribution in [1.82, 2.24) is 10.5 Å². The van der Waals surface area contributed by atoms with Crippen LogP contribution in [0.25, 0.3) is 0 Å². The van der Waals surface area contributed by atoms with Gasteiger partial charge in [-0.15, -0.1) is 0 Å². The van der Waals surface area contributed by atoms with Gasteiger partial charge in [0.2, 0.25) is 5.91 Å². The fourth-order valence-electron chi connectivity index (χ4n) is 6.89. The first-order valence-corrected chi connectivity index (χ1v) is 11.2. The van der Waals surface area contributed by atoms with Gasteiger partial charge in [-0.3, -0.25) is 4.79 Å². The largest absolute Gasteiger partial charge is 0.373 e. The molecule has 5 atom stereocenters. The quantitative estimate of drug-likeness (QED) is 0.807. The fraction of sp³-hybridized carbons (Fsp3) is 0.600. The van der Waals surface area contributed by atoms with E-state index in [0.29, 0.717) is 18.3 Å². The second kappa shape index (κ2) is 6.94. The molecule has 1 saturated heterocycles. The van der Waals surface area contributed by atoms with E-state index in [9.17, 15) is 4.79 Å². The summed E-state index contributed by atoms with van der Waals surface area (Å²) in [7, 11) is 0. The molecular formula is C25H32N2O3. The van der Waals surface area contributed by atoms with Crippen molar-refractivity contribution in [3.8, 4) is 0 Å². The van der Waals surface area contributed by atoms with Gasteiger partial charge in [0.15, 0.2) is 0 Å². The van der Waals surface area contributed by atoms with Crippen LogP contribution in [0.4, 0.5) is 0 Å². The van der Waals surface area contributed by atoms with Gasteiger partial charge in [-0.25, -0.2) is 0 Å². The van der Waals surface area contributed by atoms with Crippen molar-refractivity contribution in [2.75, 3.05) is 6.61 Å². The van der Waals surface area contributed by atoms with Gasteiger partial charge in [-0.1, -0.05) is 49.3 Å². The summed E-state index contributed by atoms with van der Waals surface area (Å²) >= 11 is 0. The van der Waals surface area contributed by atoms with E-state index in [2.05, 4.69) is 54.7 Å². The third-order valence-electron chi connectivity index (χ3n) is 8.46. The minimum atomic E-state index is 0.0749. The van der Waals surface area contributed by atoms with Crippen molar-refractivity contribution in [1.29, 1.82) is 0 Å². The molecular weight excluding hydrogens is 376 g/mol. The van der Waals surface area contributed by atoms with E-state index in [1.807, 2.05) is 13.8 Å². The molecule has 2 aromatic rings. The summed E-state index contributed by atoms with van der Waals surface area (Å²) in [5.41, 5.74) is 3.19. The average molecular weight is 409 g/mol. The van der Waals surface area contributed by atoms with Crippen molar-refractivity contribution >= 4 is 5.91 Å². The van der Waals surface area contributed by atoms with E-state index in [4.69, 9.17) is 9.26 Å². The maximum absolute atomic E-state index is 13.1. The number of nitrogens with one attached hydrogen (secondary N) is 1. The normalized spacial score (nSPS) is 34.0. The number of hydrogen-bond donors (Lipinski definition) is 1. The van der Waals surface area contributed by atoms with Gasteiger partial charge in [-0.05, 0) is 61.3 Å². The van der Waals surface area contributed by atoms with Crippen LogP contribution in [-0.2, 0) is 16.0 Å². The van der Waals surface area contributed by atoms with Crippen LogP contribution < -0.4 is 5.32 Å². The van der Waals surface area contributed by atoms with Gasteiger partial charge < -0.3 is 14.6 Å². The molecule has 2 aliphatic carbocycles. The summed E-state index contributed by atoms with van der Waals surface area (Å²) in [6, 6.07) is 10.8. The van der Waals surface area contributed by atoms with Crippen molar-refractivity contribution in [2.45, 2.75) is 65.5 Å². The number of aromatic nitrogens is 1. The number of carbonyl (C=O) groups is 1. The highest BCUT2D eigenvalue weighted by atomic mass is 16.5. The standard InChI is InChI=1S/C25H32N2O3/c1-15-19(16(2)30-27-15)13-21(28)26-23-24(3,4)18-12-20-22(17-8-6-5-7-9-17)29-11-10-25(20,23)14-18/h5-9,18,20,22-23H,10-14H2,1-4H3,(H,26,28)/t18-,20-,22-,23+,25-/m1/s1. The van der Waals surface area contributed by atoms with E-state index in [1.165, 1.54) is 18.4 Å². The van der Waals surface area contributed by atoms with Gasteiger partial charge in [0, 0.05) is 18.2 Å². The van der Waals surface area contributed by atoms with Crippen LogP contribution >= 0.6 is 0 Å². The molecule has 5 rings (SSSR count). The Kier molecular flexibility index (Phi) is 4.58. The van der Waals surface area contributed by atoms with Crippen LogP contribution in [0.1, 0.15) is 61.8 Å². The lowest BCUT2D eigenvalue weighted by Gasteiger charge is -2.53. The molecule has 5 nitrogen and oxygen atoms in total. The molecule has 0 unspecified atom stereocenters. The molecule has 1 spiro atoms. The third-order valence-corrected chi connectivity index (χ3v) is 8.46. The molecule has 1 aromatic heterocycles. The SMILES string of the molecule is Cc1noc(C)c1CC(=O)N[C@H]1C(C)(C)[C@@H]2C[C@@H]3[C@@H](c4ccccc4)OCC[C@@]31C2. The summed E-state index contributed by atoms with van der Waals surface area (Å²) in [6.07, 6.45) is 3.86. The summed E-state index contributed by atoms with van der Waals surface area (Å²) in [6.45, 7) is 9.22. The topological polar surface area (TPSA) is 64.4 Å². The summed E-state index contributed by atoms with van der Waals surface area (Å²) in [5, 5.41) is 7.50. The zero-order valence-electron chi connectivity index (χ0n) is 18.4. The highest BCUT2D eigenvalue weighted by Gasteiger charge is 2.68. The predicted octanol–water partition coefficient (Wildman–Crippen LogP) is 4.53. The minimum Gasteiger partial charge on any atom is -0.373 e. The molecule has 1 N–H and O–H groups in total. The first-order valence-electron chi connectivity index (χ1n) is 11.2. The van der Waals surface area contributed by atoms with Crippen LogP contribution in [-0.4, -0.2) is 23.7 Å². The Bertz CT molecular complexity index is 931. The second-order valence-electron chi connectivity index (χ2n) is 10.2. The number of ether oxygens (including phenoxy) is 1. The zero-order chi connectivity index (χ0) is 21.1. The zero-order valence-corrected chi connectivity index (χ0v) is 18.4. The first-order chi connectivity index (χ1) is 14.3. The van der Waals surface area contributed by atoms with Gasteiger partial charge in [0.05, 0.1) is 18.2 Å². The van der Waals surface area contributed by atoms with E-state index in [1.54, 1.807) is 0 Å². The number of nitrogens with zero attached hydrogens (tertiary/aromatic N) is 1. The van der Waals surface area contributed by atoms with E-state index < -0.39 is 0 Å². The van der Waals surface area contributed by atoms with Crippen LogP contribution in [0, 0.1) is 36.5 Å². The molecule has 160 valence electrons. The number of rotatable bonds is 4. The Labute approximate surface area is 178 Å². The monoisotopic (exact) mass is 408 g/mol. The maximum atomic E-state index is 13.1. The lowest BCUT2D eigenvalue weighted by atomic mass is 9.59. The molecule has 1 amide bonds. The Morgan fingerprint density at radius 3 is 2.70 bits per heavy atom. The summed E-state index contributed by atoms with van der Waals surface area (Å²) in [4.78, 5) is 13.1. The van der Waals surface area contributed by atoms with Gasteiger partial charge in [0.25, 0.3) is 0 Å². The first kappa shape index (κ1) is 19.8. The number of benzene rings is 1. The molecule has 0 radical (unpaired) electrons. The van der Waals surface area contributed by atoms with Gasteiger partial charge in [0.1, 0.15) is 5.76 Å². The molecule has 3 aliphatic rings. The van der Waals surface area contributed by atoms with Crippen LogP contribution in [0.2, 0.25) is 0 Å². The van der Waals surface area contributed by atoms with Crippen LogP contribution in [0.5, 0.6) is 0 Å². The number of hydrogen-bond acceptors (Lipinski definition) is 4. The van der Waals surface area contributed by atoms with Gasteiger partial charge in [-0.2, -0.15) is 0 Å². The molecule has 2 heterocycles. The fourth-order valence-corrected chi connectivity index (χ4v) is 6.89. The number of aryl methyl sites for hydroxylation is 2. The molecule has 5 heteroatoms. The third kappa shape index (κ3) is 2.85. The molecule has 30 heavy (non-hydrogen) atoms. The number of carbonyl (C=O) groups excluding carboxylic acids is 1. The maximum Gasteiger partial charge on any atom is 0.224 e. The van der Waals surface area contributed by atoms with Crippen LogP contribution in [0.15, 0.2) is 34.9 Å². The Morgan fingerprint density at radius 2 is 2.00 bits per heavy atom. The van der Waals surface area contributed by atoms with E-state index in [-0.39, 0.29) is 28.9 Å². The molecule has 1 aliphatic heterocycles. The van der Waals surface area contributed by atoms with Crippen molar-refractivity contribution < 1.29 is 14.1 Å². The van der Waals surface area contributed by atoms with Crippen molar-refractivity contribution in [2.24, 2.45) is 22.7 Å². The Hall–Kier alpha value is -2.14. The van der Waals surface area contributed by atoms with Crippen LogP contribution in [0.3, 0.4) is 0 Å². The molecule has 2 bridgehead atoms. The lowest BCUT2D eigenvalue weighted by molar-refractivity contribution is -0.136. The van der Waals surface area contributed by atoms with E-state index >= 15 is 0 Å². The molecule has 1 aromatic carbocycles. The number of fused-ring (bicyclic) bond motifs is 1. The van der Waals surface area contributed by atoms with Crippen molar-refractivity contribution in [3.05, 3.63) is 52.9 Å². The summed E-state index contributed by atoms with van der Waals surface area (Å²) in [5.74, 6) is 1.88.